The molecule has 0 aliphatic rings. The van der Waals surface area contributed by atoms with Gasteiger partial charge in [-0.25, -0.2) is 8.42 Å². The zero-order chi connectivity index (χ0) is 16.2. The summed E-state index contributed by atoms with van der Waals surface area (Å²) in [6.45, 7) is 0. The lowest BCUT2D eigenvalue weighted by atomic mass is 10.2. The summed E-state index contributed by atoms with van der Waals surface area (Å²) in [6, 6.07) is 2.25. The number of nitrogens with one attached hydrogen (secondary N) is 1. The lowest BCUT2D eigenvalue weighted by Crippen LogP contribution is -2.41. The molecule has 0 saturated carbocycles. The Morgan fingerprint density at radius 1 is 1.33 bits per heavy atom. The quantitative estimate of drug-likeness (QED) is 0.640. The SMILES string of the molecule is O=C(O)CC[C@H](NS(=O)(=O)c1ccc(Cl)c(Br)c1)C(=O)O. The second-order valence-electron chi connectivity index (χ2n) is 4.02. The van der Waals surface area contributed by atoms with Gasteiger partial charge in [-0.05, 0) is 40.5 Å². The van der Waals surface area contributed by atoms with Gasteiger partial charge in [0.1, 0.15) is 6.04 Å². The molecule has 7 nitrogen and oxygen atoms in total. The molecule has 3 N–H and O–H groups in total. The van der Waals surface area contributed by atoms with Crippen molar-refractivity contribution < 1.29 is 28.2 Å². The highest BCUT2D eigenvalue weighted by Crippen LogP contribution is 2.25. The fourth-order valence-corrected chi connectivity index (χ4v) is 3.30. The van der Waals surface area contributed by atoms with Crippen LogP contribution >= 0.6 is 27.5 Å². The minimum atomic E-state index is -4.10. The van der Waals surface area contributed by atoms with Gasteiger partial charge in [0.25, 0.3) is 0 Å². The Bertz CT molecular complexity index is 663. The number of sulfonamides is 1. The van der Waals surface area contributed by atoms with Crippen molar-refractivity contribution in [3.05, 3.63) is 27.7 Å². The number of aliphatic carboxylic acids is 2. The van der Waals surface area contributed by atoms with Crippen LogP contribution in [0.4, 0.5) is 0 Å². The Balaban J connectivity index is 2.97. The van der Waals surface area contributed by atoms with Gasteiger partial charge in [0, 0.05) is 10.9 Å². The van der Waals surface area contributed by atoms with Crippen molar-refractivity contribution in [2.75, 3.05) is 0 Å². The zero-order valence-electron chi connectivity index (χ0n) is 10.4. The van der Waals surface area contributed by atoms with E-state index in [2.05, 4.69) is 15.9 Å². The topological polar surface area (TPSA) is 121 Å². The van der Waals surface area contributed by atoms with Crippen LogP contribution in [0.15, 0.2) is 27.6 Å². The van der Waals surface area contributed by atoms with Gasteiger partial charge in [-0.15, -0.1) is 0 Å². The average Bonchev–Trinajstić information content (AvgIpc) is 2.37. The summed E-state index contributed by atoms with van der Waals surface area (Å²) in [5.74, 6) is -2.66. The molecule has 10 heteroatoms. The molecule has 0 unspecified atom stereocenters. The van der Waals surface area contributed by atoms with Crippen LogP contribution in [0.3, 0.4) is 0 Å². The minimum absolute atomic E-state index is 0.180. The van der Waals surface area contributed by atoms with Gasteiger partial charge >= 0.3 is 11.9 Å². The predicted molar refractivity (Wildman–Crippen MR) is 77.8 cm³/mol. The van der Waals surface area contributed by atoms with E-state index in [1.165, 1.54) is 18.2 Å². The van der Waals surface area contributed by atoms with Gasteiger partial charge in [0.2, 0.25) is 10.0 Å². The molecule has 0 aromatic heterocycles. The summed E-state index contributed by atoms with van der Waals surface area (Å²) in [5.41, 5.74) is 0. The van der Waals surface area contributed by atoms with Crippen molar-refractivity contribution >= 4 is 49.5 Å². The Labute approximate surface area is 134 Å². The maximum absolute atomic E-state index is 12.1. The first-order chi connectivity index (χ1) is 9.63. The van der Waals surface area contributed by atoms with Crippen molar-refractivity contribution in [1.29, 1.82) is 0 Å². The maximum Gasteiger partial charge on any atom is 0.321 e. The van der Waals surface area contributed by atoms with Crippen molar-refractivity contribution in [1.82, 2.24) is 4.72 Å². The van der Waals surface area contributed by atoms with Gasteiger partial charge in [-0.2, -0.15) is 4.72 Å². The molecule has 0 bridgehead atoms. The second-order valence-corrected chi connectivity index (χ2v) is 7.00. The third-order valence-electron chi connectivity index (χ3n) is 2.44. The molecule has 116 valence electrons. The van der Waals surface area contributed by atoms with E-state index in [9.17, 15) is 18.0 Å². The maximum atomic E-state index is 12.1. The Kier molecular flexibility index (Phi) is 6.14. The molecule has 0 heterocycles. The van der Waals surface area contributed by atoms with Crippen LogP contribution in [0.5, 0.6) is 0 Å². The van der Waals surface area contributed by atoms with Gasteiger partial charge in [0.05, 0.1) is 9.92 Å². The zero-order valence-corrected chi connectivity index (χ0v) is 13.6. The average molecular weight is 401 g/mol. The number of benzene rings is 1. The normalized spacial score (nSPS) is 12.9. The van der Waals surface area contributed by atoms with E-state index in [1.807, 2.05) is 4.72 Å². The number of rotatable bonds is 7. The van der Waals surface area contributed by atoms with E-state index < -0.39 is 34.4 Å². The molecular formula is C11H11BrClNO6S. The van der Waals surface area contributed by atoms with Crippen LogP contribution < -0.4 is 4.72 Å². The van der Waals surface area contributed by atoms with Crippen molar-refractivity contribution in [2.24, 2.45) is 0 Å². The summed E-state index contributed by atoms with van der Waals surface area (Å²) < 4.78 is 26.4. The molecule has 0 fully saturated rings. The molecule has 0 spiro atoms. The van der Waals surface area contributed by atoms with Crippen LogP contribution in [0.2, 0.25) is 5.02 Å². The number of hydrogen-bond donors (Lipinski definition) is 3. The monoisotopic (exact) mass is 399 g/mol. The molecule has 1 atom stereocenters. The van der Waals surface area contributed by atoms with Crippen LogP contribution in [0.1, 0.15) is 12.8 Å². The van der Waals surface area contributed by atoms with Crippen molar-refractivity contribution in [3.8, 4) is 0 Å². The Hall–Kier alpha value is -1.16. The molecule has 0 amide bonds. The van der Waals surface area contributed by atoms with Crippen molar-refractivity contribution in [3.63, 3.8) is 0 Å². The predicted octanol–water partition coefficient (Wildman–Crippen LogP) is 1.70. The molecule has 1 aromatic rings. The third-order valence-corrected chi connectivity index (χ3v) is 5.13. The van der Waals surface area contributed by atoms with E-state index in [1.54, 1.807) is 0 Å². The van der Waals surface area contributed by atoms with Crippen LogP contribution in [0.25, 0.3) is 0 Å². The van der Waals surface area contributed by atoms with Gasteiger partial charge in [0.15, 0.2) is 0 Å². The van der Waals surface area contributed by atoms with Crippen LogP contribution in [0, 0.1) is 0 Å². The van der Waals surface area contributed by atoms with E-state index in [-0.39, 0.29) is 11.3 Å². The van der Waals surface area contributed by atoms with E-state index in [0.29, 0.717) is 9.50 Å². The number of halogens is 2. The highest BCUT2D eigenvalue weighted by atomic mass is 79.9. The summed E-state index contributed by atoms with van der Waals surface area (Å²) >= 11 is 8.82. The van der Waals surface area contributed by atoms with Crippen LogP contribution in [-0.2, 0) is 19.6 Å². The number of carboxylic acid groups (broad SMARTS) is 2. The number of carboxylic acids is 2. The fraction of sp³-hybridized carbons (Fsp3) is 0.273. The fourth-order valence-electron chi connectivity index (χ4n) is 1.40. The number of carbonyl (C=O) groups is 2. The van der Waals surface area contributed by atoms with Gasteiger partial charge in [-0.1, -0.05) is 11.6 Å². The van der Waals surface area contributed by atoms with Crippen LogP contribution in [-0.4, -0.2) is 36.6 Å². The van der Waals surface area contributed by atoms with E-state index in [0.717, 1.165) is 0 Å². The van der Waals surface area contributed by atoms with Gasteiger partial charge < -0.3 is 10.2 Å². The minimum Gasteiger partial charge on any atom is -0.481 e. The lowest BCUT2D eigenvalue weighted by Gasteiger charge is -2.14. The highest BCUT2D eigenvalue weighted by Gasteiger charge is 2.26. The molecular weight excluding hydrogens is 390 g/mol. The first-order valence-electron chi connectivity index (χ1n) is 5.55. The molecule has 0 aliphatic carbocycles. The molecule has 0 aliphatic heterocycles. The molecule has 1 aromatic carbocycles. The molecule has 1 rings (SSSR count). The second kappa shape index (κ2) is 7.21. The highest BCUT2D eigenvalue weighted by molar-refractivity contribution is 9.10. The van der Waals surface area contributed by atoms with Gasteiger partial charge in [-0.3, -0.25) is 9.59 Å². The summed E-state index contributed by atoms with van der Waals surface area (Å²) in [7, 11) is -4.10. The Morgan fingerprint density at radius 2 is 1.95 bits per heavy atom. The first kappa shape index (κ1) is 17.9. The van der Waals surface area contributed by atoms with Crippen molar-refractivity contribution in [2.45, 2.75) is 23.8 Å². The largest absolute Gasteiger partial charge is 0.481 e. The first-order valence-corrected chi connectivity index (χ1v) is 8.21. The molecule has 0 radical (unpaired) electrons. The Morgan fingerprint density at radius 3 is 2.43 bits per heavy atom. The van der Waals surface area contributed by atoms with E-state index >= 15 is 0 Å². The standard InChI is InChI=1S/C11H11BrClNO6S/c12-7-5-6(1-2-8(7)13)21(19,20)14-9(11(17)18)3-4-10(15)16/h1-2,5,9,14H,3-4H2,(H,15,16)(H,17,18)/t9-/m0/s1. The molecule has 21 heavy (non-hydrogen) atoms. The number of hydrogen-bond acceptors (Lipinski definition) is 4. The molecule has 0 saturated heterocycles. The summed E-state index contributed by atoms with van der Waals surface area (Å²) in [4.78, 5) is 21.3. The third kappa shape index (κ3) is 5.27. The van der Waals surface area contributed by atoms with E-state index in [4.69, 9.17) is 21.8 Å². The lowest BCUT2D eigenvalue weighted by molar-refractivity contribution is -0.140. The summed E-state index contributed by atoms with van der Waals surface area (Å²) in [6.07, 6.45) is -0.831. The summed E-state index contributed by atoms with van der Waals surface area (Å²) in [5, 5.41) is 17.8. The smallest absolute Gasteiger partial charge is 0.321 e.